The Balaban J connectivity index is 1.45. The van der Waals surface area contributed by atoms with Crippen molar-refractivity contribution < 1.29 is 9.59 Å². The summed E-state index contributed by atoms with van der Waals surface area (Å²) in [6, 6.07) is 20.7. The maximum absolute atomic E-state index is 13.0. The quantitative estimate of drug-likeness (QED) is 0.349. The highest BCUT2D eigenvalue weighted by Gasteiger charge is 2.12. The number of rotatable bonds is 8. The van der Waals surface area contributed by atoms with Gasteiger partial charge in [-0.3, -0.25) is 9.59 Å². The zero-order valence-electron chi connectivity index (χ0n) is 18.3. The Morgan fingerprint density at radius 2 is 1.61 bits per heavy atom. The maximum Gasteiger partial charge on any atom is 0.258 e. The van der Waals surface area contributed by atoms with Gasteiger partial charge in [0.1, 0.15) is 11.6 Å². The standard InChI is InChI=1S/C26H25N5O2/c1-2-7-25(32)30-23-14-18(12-13-27-23)16-28-22-11-6-5-10-21(22)26(33)31-24-15-19-8-3-4-9-20(19)17-29-24/h3-6,8-15,17,28H,2,7,16H2,1H3,(H,27,30,32)(H,29,31,33). The molecule has 7 nitrogen and oxygen atoms in total. The molecule has 0 aliphatic heterocycles. The van der Waals surface area contributed by atoms with Gasteiger partial charge in [-0.2, -0.15) is 0 Å². The molecule has 0 saturated heterocycles. The summed E-state index contributed by atoms with van der Waals surface area (Å²) in [6.45, 7) is 2.43. The fourth-order valence-corrected chi connectivity index (χ4v) is 3.45. The average Bonchev–Trinajstić information content (AvgIpc) is 2.83. The van der Waals surface area contributed by atoms with Crippen molar-refractivity contribution in [2.24, 2.45) is 0 Å². The number of carbonyl (C=O) groups excluding carboxylic acids is 2. The number of pyridine rings is 2. The molecule has 0 bridgehead atoms. The summed E-state index contributed by atoms with van der Waals surface area (Å²) in [6.07, 6.45) is 4.64. The second-order valence-corrected chi connectivity index (χ2v) is 7.62. The van der Waals surface area contributed by atoms with Crippen molar-refractivity contribution in [1.29, 1.82) is 0 Å². The first-order chi connectivity index (χ1) is 16.1. The number of carbonyl (C=O) groups is 2. The lowest BCUT2D eigenvalue weighted by atomic mass is 10.1. The number of aromatic nitrogens is 2. The molecule has 166 valence electrons. The Bertz CT molecular complexity index is 1290. The zero-order chi connectivity index (χ0) is 23.0. The van der Waals surface area contributed by atoms with Gasteiger partial charge in [0, 0.05) is 36.4 Å². The lowest BCUT2D eigenvalue weighted by Gasteiger charge is -2.13. The highest BCUT2D eigenvalue weighted by molar-refractivity contribution is 6.08. The van der Waals surface area contributed by atoms with E-state index in [9.17, 15) is 9.59 Å². The Morgan fingerprint density at radius 1 is 0.848 bits per heavy atom. The van der Waals surface area contributed by atoms with E-state index in [-0.39, 0.29) is 11.8 Å². The fraction of sp³-hybridized carbons (Fsp3) is 0.154. The first-order valence-electron chi connectivity index (χ1n) is 10.9. The molecule has 7 heteroatoms. The number of nitrogens with one attached hydrogen (secondary N) is 3. The van der Waals surface area contributed by atoms with Crippen LogP contribution in [0.15, 0.2) is 79.1 Å². The van der Waals surface area contributed by atoms with Crippen molar-refractivity contribution >= 4 is 39.9 Å². The van der Waals surface area contributed by atoms with E-state index in [1.54, 1.807) is 18.5 Å². The van der Waals surface area contributed by atoms with Crippen LogP contribution < -0.4 is 16.0 Å². The van der Waals surface area contributed by atoms with Gasteiger partial charge in [0.2, 0.25) is 5.91 Å². The fourth-order valence-electron chi connectivity index (χ4n) is 3.45. The van der Waals surface area contributed by atoms with E-state index in [4.69, 9.17) is 0 Å². The van der Waals surface area contributed by atoms with Gasteiger partial charge in [-0.1, -0.05) is 43.3 Å². The van der Waals surface area contributed by atoms with Crippen LogP contribution in [0.5, 0.6) is 0 Å². The molecule has 0 unspecified atom stereocenters. The van der Waals surface area contributed by atoms with E-state index in [0.717, 1.165) is 22.8 Å². The number of hydrogen-bond acceptors (Lipinski definition) is 5. The number of fused-ring (bicyclic) bond motifs is 1. The molecule has 2 amide bonds. The molecule has 2 aromatic heterocycles. The van der Waals surface area contributed by atoms with Gasteiger partial charge in [-0.15, -0.1) is 0 Å². The van der Waals surface area contributed by atoms with Crippen LogP contribution in [0.1, 0.15) is 35.7 Å². The third-order valence-corrected chi connectivity index (χ3v) is 5.10. The zero-order valence-corrected chi connectivity index (χ0v) is 18.3. The van der Waals surface area contributed by atoms with Crippen LogP contribution in [0.3, 0.4) is 0 Å². The average molecular weight is 440 g/mol. The molecule has 0 saturated carbocycles. The lowest BCUT2D eigenvalue weighted by molar-refractivity contribution is -0.116. The summed E-state index contributed by atoms with van der Waals surface area (Å²) in [4.78, 5) is 33.3. The van der Waals surface area contributed by atoms with Gasteiger partial charge in [0.15, 0.2) is 0 Å². The molecule has 0 aliphatic carbocycles. The normalized spacial score (nSPS) is 10.6. The number of hydrogen-bond donors (Lipinski definition) is 3. The largest absolute Gasteiger partial charge is 0.380 e. The van der Waals surface area contributed by atoms with E-state index in [0.29, 0.717) is 35.9 Å². The number of nitrogens with zero attached hydrogens (tertiary/aromatic N) is 2. The summed E-state index contributed by atoms with van der Waals surface area (Å²) >= 11 is 0. The first kappa shape index (κ1) is 22.0. The number of amides is 2. The Hall–Kier alpha value is -4.26. The van der Waals surface area contributed by atoms with Crippen molar-refractivity contribution in [3.05, 3.63) is 90.3 Å². The predicted octanol–water partition coefficient (Wildman–Crippen LogP) is 5.23. The highest BCUT2D eigenvalue weighted by Crippen LogP contribution is 2.20. The van der Waals surface area contributed by atoms with Crippen molar-refractivity contribution in [3.8, 4) is 0 Å². The summed E-state index contributed by atoms with van der Waals surface area (Å²) in [5, 5.41) is 11.0. The van der Waals surface area contributed by atoms with E-state index >= 15 is 0 Å². The molecule has 0 fully saturated rings. The lowest BCUT2D eigenvalue weighted by Crippen LogP contribution is -2.15. The minimum Gasteiger partial charge on any atom is -0.380 e. The minimum atomic E-state index is -0.247. The van der Waals surface area contributed by atoms with E-state index in [2.05, 4.69) is 25.9 Å². The number of anilines is 3. The third kappa shape index (κ3) is 5.71. The smallest absolute Gasteiger partial charge is 0.258 e. The molecule has 3 N–H and O–H groups in total. The maximum atomic E-state index is 13.0. The van der Waals surface area contributed by atoms with Gasteiger partial charge in [-0.25, -0.2) is 9.97 Å². The number of benzene rings is 2. The summed E-state index contributed by atoms with van der Waals surface area (Å²) in [5.74, 6) is 0.707. The van der Waals surface area contributed by atoms with Crippen LogP contribution in [0, 0.1) is 0 Å². The van der Waals surface area contributed by atoms with Crippen LogP contribution >= 0.6 is 0 Å². The van der Waals surface area contributed by atoms with Crippen LogP contribution in [0.25, 0.3) is 10.8 Å². The molecule has 4 aromatic rings. The SMILES string of the molecule is CCCC(=O)Nc1cc(CNc2ccccc2C(=O)Nc2cc3ccccc3cn2)ccn1. The van der Waals surface area contributed by atoms with E-state index in [1.807, 2.05) is 67.6 Å². The molecular formula is C26H25N5O2. The summed E-state index contributed by atoms with van der Waals surface area (Å²) in [5.41, 5.74) is 2.14. The minimum absolute atomic E-state index is 0.0561. The second-order valence-electron chi connectivity index (χ2n) is 7.62. The van der Waals surface area contributed by atoms with Crippen molar-refractivity contribution in [1.82, 2.24) is 9.97 Å². The Labute approximate surface area is 192 Å². The topological polar surface area (TPSA) is 96.0 Å². The van der Waals surface area contributed by atoms with E-state index in [1.165, 1.54) is 0 Å². The van der Waals surface area contributed by atoms with Gasteiger partial charge in [0.05, 0.1) is 5.56 Å². The molecule has 0 aliphatic rings. The van der Waals surface area contributed by atoms with Crippen molar-refractivity contribution in [3.63, 3.8) is 0 Å². The molecule has 4 rings (SSSR count). The van der Waals surface area contributed by atoms with Crippen LogP contribution in [-0.4, -0.2) is 21.8 Å². The monoisotopic (exact) mass is 439 g/mol. The van der Waals surface area contributed by atoms with Gasteiger partial charge < -0.3 is 16.0 Å². The van der Waals surface area contributed by atoms with Crippen LogP contribution in [0.2, 0.25) is 0 Å². The van der Waals surface area contributed by atoms with Crippen molar-refractivity contribution in [2.45, 2.75) is 26.3 Å². The third-order valence-electron chi connectivity index (χ3n) is 5.10. The van der Waals surface area contributed by atoms with Gasteiger partial charge in [0.25, 0.3) is 5.91 Å². The first-order valence-corrected chi connectivity index (χ1v) is 10.9. The van der Waals surface area contributed by atoms with Gasteiger partial charge >= 0.3 is 0 Å². The predicted molar refractivity (Wildman–Crippen MR) is 131 cm³/mol. The molecule has 2 aromatic carbocycles. The summed E-state index contributed by atoms with van der Waals surface area (Å²) < 4.78 is 0. The van der Waals surface area contributed by atoms with Crippen LogP contribution in [-0.2, 0) is 11.3 Å². The second kappa shape index (κ2) is 10.4. The molecule has 0 spiro atoms. The molecule has 0 radical (unpaired) electrons. The Kier molecular flexibility index (Phi) is 6.90. The Morgan fingerprint density at radius 3 is 2.45 bits per heavy atom. The van der Waals surface area contributed by atoms with Gasteiger partial charge in [-0.05, 0) is 47.7 Å². The van der Waals surface area contributed by atoms with Crippen molar-refractivity contribution in [2.75, 3.05) is 16.0 Å². The highest BCUT2D eigenvalue weighted by atomic mass is 16.2. The number of para-hydroxylation sites is 1. The molecule has 33 heavy (non-hydrogen) atoms. The molecule has 0 atom stereocenters. The summed E-state index contributed by atoms with van der Waals surface area (Å²) in [7, 11) is 0. The molecule has 2 heterocycles. The van der Waals surface area contributed by atoms with E-state index < -0.39 is 0 Å². The molecular weight excluding hydrogens is 414 g/mol. The van der Waals surface area contributed by atoms with Crippen LogP contribution in [0.4, 0.5) is 17.3 Å².